The molecule has 0 unspecified atom stereocenters. The zero-order chi connectivity index (χ0) is 25.4. The molecule has 5 rings (SSSR count). The van der Waals surface area contributed by atoms with Crippen molar-refractivity contribution in [1.82, 2.24) is 24.7 Å². The summed E-state index contributed by atoms with van der Waals surface area (Å²) in [7, 11) is 4.26. The maximum absolute atomic E-state index is 13.7. The molecule has 2 aliphatic carbocycles. The van der Waals surface area contributed by atoms with Crippen molar-refractivity contribution in [2.45, 2.75) is 61.6 Å². The van der Waals surface area contributed by atoms with Crippen LogP contribution in [0.5, 0.6) is 0 Å². The minimum atomic E-state index is -0.822. The molecule has 2 saturated carbocycles. The van der Waals surface area contributed by atoms with Crippen LogP contribution in [0.4, 0.5) is 10.5 Å². The quantitative estimate of drug-likeness (QED) is 0.616. The van der Waals surface area contributed by atoms with Gasteiger partial charge in [0.25, 0.3) is 0 Å². The van der Waals surface area contributed by atoms with Crippen LogP contribution in [0.25, 0.3) is 0 Å². The normalized spacial score (nSPS) is 27.4. The van der Waals surface area contributed by atoms with Gasteiger partial charge in [-0.25, -0.2) is 14.8 Å². The fourth-order valence-corrected chi connectivity index (χ4v) is 6.32. The number of urea groups is 1. The molecule has 2 aromatic rings. The molecular formula is C27H36N6O3. The van der Waals surface area contributed by atoms with E-state index in [1.165, 1.54) is 24.3 Å². The summed E-state index contributed by atoms with van der Waals surface area (Å²) in [6.45, 7) is 0.775. The Kier molecular flexibility index (Phi) is 6.46. The number of nitrogens with zero attached hydrogens (tertiary/aromatic N) is 5. The Balaban J connectivity index is 1.37. The number of rotatable bonds is 7. The lowest BCUT2D eigenvalue weighted by molar-refractivity contribution is -0.116. The maximum Gasteiger partial charge on any atom is 0.321 e. The fourth-order valence-electron chi connectivity index (χ4n) is 6.32. The summed E-state index contributed by atoms with van der Waals surface area (Å²) in [5.41, 5.74) is 0.470. The fraction of sp³-hybridized carbons (Fsp3) is 0.556. The summed E-state index contributed by atoms with van der Waals surface area (Å²) in [6, 6.07) is 10.4. The van der Waals surface area contributed by atoms with Crippen molar-refractivity contribution in [3.05, 3.63) is 54.6 Å². The summed E-state index contributed by atoms with van der Waals surface area (Å²) in [6.07, 6.45) is 10.3. The van der Waals surface area contributed by atoms with E-state index in [9.17, 15) is 14.7 Å². The lowest BCUT2D eigenvalue weighted by Gasteiger charge is -2.52. The molecule has 1 aliphatic heterocycles. The third kappa shape index (κ3) is 4.46. The second kappa shape index (κ2) is 9.44. The molecule has 0 atom stereocenters. The number of carbonyl (C=O) groups is 2. The van der Waals surface area contributed by atoms with Crippen molar-refractivity contribution >= 4 is 17.6 Å². The summed E-state index contributed by atoms with van der Waals surface area (Å²) >= 11 is 0. The van der Waals surface area contributed by atoms with Crippen LogP contribution in [0.3, 0.4) is 0 Å². The van der Waals surface area contributed by atoms with Crippen LogP contribution < -0.4 is 5.32 Å². The van der Waals surface area contributed by atoms with E-state index in [0.717, 1.165) is 32.1 Å². The zero-order valence-electron chi connectivity index (χ0n) is 21.2. The van der Waals surface area contributed by atoms with Gasteiger partial charge in [0.15, 0.2) is 0 Å². The van der Waals surface area contributed by atoms with Gasteiger partial charge in [0.05, 0.1) is 35.8 Å². The van der Waals surface area contributed by atoms with Gasteiger partial charge in [-0.1, -0.05) is 30.3 Å². The molecule has 1 aromatic carbocycles. The van der Waals surface area contributed by atoms with E-state index < -0.39 is 11.1 Å². The number of aromatic nitrogens is 2. The van der Waals surface area contributed by atoms with Crippen LogP contribution >= 0.6 is 0 Å². The molecule has 2 heterocycles. The lowest BCUT2D eigenvalue weighted by atomic mass is 9.67. The number of β-amino-alcohol motifs (C(OH)–C–C–N with tert-alkyl or cyclic N) is 1. The minimum absolute atomic E-state index is 0.0398. The van der Waals surface area contributed by atoms with Gasteiger partial charge < -0.3 is 20.2 Å². The highest BCUT2D eigenvalue weighted by Crippen LogP contribution is 2.50. The largest absolute Gasteiger partial charge is 0.388 e. The minimum Gasteiger partial charge on any atom is -0.388 e. The number of hydrogen-bond donors (Lipinski definition) is 2. The molecule has 9 nitrogen and oxygen atoms in total. The van der Waals surface area contributed by atoms with Gasteiger partial charge >= 0.3 is 6.03 Å². The van der Waals surface area contributed by atoms with Crippen molar-refractivity contribution in [3.8, 4) is 0 Å². The molecule has 3 fully saturated rings. The maximum atomic E-state index is 13.7. The highest BCUT2D eigenvalue weighted by atomic mass is 16.3. The van der Waals surface area contributed by atoms with Gasteiger partial charge in [-0.05, 0) is 64.6 Å². The molecule has 1 spiro atoms. The first-order valence-corrected chi connectivity index (χ1v) is 12.8. The Morgan fingerprint density at radius 1 is 1.06 bits per heavy atom. The third-order valence-corrected chi connectivity index (χ3v) is 8.65. The van der Waals surface area contributed by atoms with Gasteiger partial charge in [0.1, 0.15) is 12.9 Å². The summed E-state index contributed by atoms with van der Waals surface area (Å²) in [5, 5.41) is 13.8. The number of hydrogen-bond acceptors (Lipinski definition) is 6. The molecule has 1 aromatic heterocycles. The molecule has 192 valence electrons. The van der Waals surface area contributed by atoms with E-state index in [0.29, 0.717) is 31.6 Å². The van der Waals surface area contributed by atoms with E-state index in [1.807, 2.05) is 11.0 Å². The van der Waals surface area contributed by atoms with Crippen molar-refractivity contribution < 1.29 is 14.7 Å². The van der Waals surface area contributed by atoms with Crippen LogP contribution in [-0.4, -0.2) is 86.6 Å². The second-order valence-corrected chi connectivity index (χ2v) is 11.0. The van der Waals surface area contributed by atoms with Crippen LogP contribution in [-0.2, 0) is 10.3 Å². The van der Waals surface area contributed by atoms with E-state index in [4.69, 9.17) is 0 Å². The first-order valence-electron chi connectivity index (χ1n) is 12.8. The van der Waals surface area contributed by atoms with Gasteiger partial charge in [0.2, 0.25) is 5.91 Å². The Hall–Kier alpha value is -3.04. The van der Waals surface area contributed by atoms with Crippen molar-refractivity contribution in [1.29, 1.82) is 0 Å². The smallest absolute Gasteiger partial charge is 0.321 e. The molecule has 36 heavy (non-hydrogen) atoms. The highest BCUT2D eigenvalue weighted by molar-refractivity contribution is 5.94. The highest BCUT2D eigenvalue weighted by Gasteiger charge is 2.56. The van der Waals surface area contributed by atoms with Crippen LogP contribution in [0, 0.1) is 0 Å². The SMILES string of the molecule is CN(C)C1(c2ccccc2)CCC2(CC1)CN(CC(=O)Nc1cncnc1)C(=O)N2CC1(O)CCC1. The lowest BCUT2D eigenvalue weighted by Crippen LogP contribution is -2.59. The Labute approximate surface area is 212 Å². The average Bonchev–Trinajstić information content (AvgIpc) is 3.09. The second-order valence-electron chi connectivity index (χ2n) is 11.0. The van der Waals surface area contributed by atoms with Gasteiger partial charge in [-0.15, -0.1) is 0 Å². The molecule has 0 bridgehead atoms. The van der Waals surface area contributed by atoms with Gasteiger partial charge in [0, 0.05) is 12.1 Å². The Bertz CT molecular complexity index is 1080. The van der Waals surface area contributed by atoms with Crippen molar-refractivity contribution in [2.24, 2.45) is 0 Å². The van der Waals surface area contributed by atoms with Crippen molar-refractivity contribution in [3.63, 3.8) is 0 Å². The summed E-state index contributed by atoms with van der Waals surface area (Å²) < 4.78 is 0. The van der Waals surface area contributed by atoms with Crippen LogP contribution in [0.15, 0.2) is 49.1 Å². The predicted molar refractivity (Wildman–Crippen MR) is 136 cm³/mol. The van der Waals surface area contributed by atoms with E-state index in [-0.39, 0.29) is 24.0 Å². The van der Waals surface area contributed by atoms with Crippen molar-refractivity contribution in [2.75, 3.05) is 39.0 Å². The van der Waals surface area contributed by atoms with E-state index in [1.54, 1.807) is 4.90 Å². The third-order valence-electron chi connectivity index (χ3n) is 8.65. The summed E-state index contributed by atoms with van der Waals surface area (Å²) in [4.78, 5) is 40.2. The number of aliphatic hydroxyl groups is 1. The standard InChI is InChI=1S/C27H36N6O3/c1-31(2)27(21-7-4-3-5-8-21)13-11-25(12-14-27)18-32(17-23(34)30-22-15-28-20-29-16-22)24(35)33(25)19-26(36)9-6-10-26/h3-5,7-8,15-16,20,36H,6,9-14,17-19H2,1-2H3,(H,30,34). The monoisotopic (exact) mass is 492 g/mol. The van der Waals surface area contributed by atoms with Crippen LogP contribution in [0.1, 0.15) is 50.5 Å². The molecule has 9 heteroatoms. The first kappa shape index (κ1) is 24.6. The number of carbonyl (C=O) groups excluding carboxylic acids is 2. The number of nitrogens with one attached hydrogen (secondary N) is 1. The molecular weight excluding hydrogens is 456 g/mol. The topological polar surface area (TPSA) is 102 Å². The molecule has 1 saturated heterocycles. The Morgan fingerprint density at radius 3 is 2.31 bits per heavy atom. The molecule has 3 aliphatic rings. The average molecular weight is 493 g/mol. The summed E-state index contributed by atoms with van der Waals surface area (Å²) in [5.74, 6) is -0.278. The predicted octanol–water partition coefficient (Wildman–Crippen LogP) is 2.84. The van der Waals surface area contributed by atoms with E-state index >= 15 is 0 Å². The number of benzene rings is 1. The molecule has 3 amide bonds. The van der Waals surface area contributed by atoms with E-state index in [2.05, 4.69) is 58.5 Å². The molecule has 2 N–H and O–H groups in total. The number of anilines is 1. The van der Waals surface area contributed by atoms with Crippen LogP contribution in [0.2, 0.25) is 0 Å². The first-order chi connectivity index (χ1) is 17.3. The van der Waals surface area contributed by atoms with Gasteiger partial charge in [-0.2, -0.15) is 0 Å². The Morgan fingerprint density at radius 2 is 1.72 bits per heavy atom. The molecule has 0 radical (unpaired) electrons. The zero-order valence-corrected chi connectivity index (χ0v) is 21.2. The number of amides is 3. The van der Waals surface area contributed by atoms with Gasteiger partial charge in [-0.3, -0.25) is 9.69 Å².